The highest BCUT2D eigenvalue weighted by atomic mass is 16.3. The minimum atomic E-state index is -0.631. The fraction of sp³-hybridized carbons (Fsp3) is 0.875. The molecule has 0 bridgehead atoms. The molecule has 11 heavy (non-hydrogen) atoms. The van der Waals surface area contributed by atoms with Gasteiger partial charge in [-0.25, -0.2) is 0 Å². The number of aliphatic hydroxyl groups is 1. The molecule has 0 aromatic rings. The third-order valence-electron chi connectivity index (χ3n) is 2.50. The van der Waals surface area contributed by atoms with Crippen LogP contribution in [0.1, 0.15) is 27.7 Å². The molecule has 0 heterocycles. The Bertz CT molecular complexity index is 152. The minimum absolute atomic E-state index is 0.111. The van der Waals surface area contributed by atoms with Gasteiger partial charge in [0.2, 0.25) is 5.91 Å². The van der Waals surface area contributed by atoms with E-state index < -0.39 is 11.5 Å². The summed E-state index contributed by atoms with van der Waals surface area (Å²) in [6.45, 7) is 6.96. The third-order valence-corrected chi connectivity index (χ3v) is 2.50. The molecule has 0 aliphatic rings. The Morgan fingerprint density at radius 3 is 1.91 bits per heavy atom. The normalized spacial score (nSPS) is 17.5. The molecule has 0 saturated carbocycles. The van der Waals surface area contributed by atoms with E-state index in [2.05, 4.69) is 0 Å². The van der Waals surface area contributed by atoms with E-state index in [4.69, 9.17) is 5.73 Å². The zero-order chi connectivity index (χ0) is 9.23. The van der Waals surface area contributed by atoms with Gasteiger partial charge in [-0.1, -0.05) is 20.8 Å². The second kappa shape index (κ2) is 3.22. The summed E-state index contributed by atoms with van der Waals surface area (Å²) in [7, 11) is 0. The maximum atomic E-state index is 10.9. The molecule has 3 heteroatoms. The van der Waals surface area contributed by atoms with Crippen LogP contribution in [-0.4, -0.2) is 17.1 Å². The number of amides is 1. The number of aliphatic hydroxyl groups excluding tert-OH is 1. The molecule has 0 rings (SSSR count). The summed E-state index contributed by atoms with van der Waals surface area (Å²) < 4.78 is 0. The van der Waals surface area contributed by atoms with E-state index in [1.165, 1.54) is 0 Å². The molecule has 3 nitrogen and oxygen atoms in total. The van der Waals surface area contributed by atoms with Crippen molar-refractivity contribution in [2.45, 2.75) is 33.8 Å². The van der Waals surface area contributed by atoms with Gasteiger partial charge in [0.1, 0.15) is 0 Å². The van der Waals surface area contributed by atoms with E-state index in [1.807, 2.05) is 6.92 Å². The van der Waals surface area contributed by atoms with E-state index in [9.17, 15) is 9.90 Å². The van der Waals surface area contributed by atoms with Crippen molar-refractivity contribution in [2.24, 2.45) is 17.1 Å². The van der Waals surface area contributed by atoms with Crippen LogP contribution in [0.3, 0.4) is 0 Å². The van der Waals surface area contributed by atoms with E-state index in [-0.39, 0.29) is 11.8 Å². The molecule has 1 amide bonds. The van der Waals surface area contributed by atoms with Crippen molar-refractivity contribution in [3.05, 3.63) is 0 Å². The van der Waals surface area contributed by atoms with E-state index in [0.717, 1.165) is 0 Å². The molecule has 0 spiro atoms. The highest BCUT2D eigenvalue weighted by molar-refractivity contribution is 5.80. The molecule has 0 radical (unpaired) electrons. The smallest absolute Gasteiger partial charge is 0.223 e. The monoisotopic (exact) mass is 159 g/mol. The lowest BCUT2D eigenvalue weighted by atomic mass is 9.77. The number of hydrogen-bond acceptors (Lipinski definition) is 2. The number of rotatable bonds is 3. The predicted molar refractivity (Wildman–Crippen MR) is 43.8 cm³/mol. The third kappa shape index (κ3) is 2.19. The quantitative estimate of drug-likeness (QED) is 0.630. The van der Waals surface area contributed by atoms with Crippen molar-refractivity contribution in [1.29, 1.82) is 0 Å². The first-order valence-electron chi connectivity index (χ1n) is 3.78. The van der Waals surface area contributed by atoms with E-state index in [1.54, 1.807) is 20.8 Å². The van der Waals surface area contributed by atoms with Gasteiger partial charge >= 0.3 is 0 Å². The van der Waals surface area contributed by atoms with Gasteiger partial charge in [-0.15, -0.1) is 0 Å². The van der Waals surface area contributed by atoms with Gasteiger partial charge in [-0.05, 0) is 12.8 Å². The molecule has 0 aliphatic heterocycles. The number of carbonyl (C=O) groups excluding carboxylic acids is 1. The summed E-state index contributed by atoms with van der Waals surface area (Å²) in [6, 6.07) is 0. The first-order chi connectivity index (χ1) is 4.80. The standard InChI is InChI=1S/C8H17NO2/c1-5(6(2)10)8(3,4)7(9)11/h5-6,10H,1-4H3,(H2,9,11). The van der Waals surface area contributed by atoms with Crippen molar-refractivity contribution >= 4 is 5.91 Å². The second-order valence-corrected chi connectivity index (χ2v) is 3.62. The topological polar surface area (TPSA) is 63.3 Å². The molecule has 0 aromatic heterocycles. The molecule has 0 aromatic carbocycles. The number of nitrogens with two attached hydrogens (primary N) is 1. The lowest BCUT2D eigenvalue weighted by Crippen LogP contribution is -2.41. The van der Waals surface area contributed by atoms with Crippen LogP contribution in [0.4, 0.5) is 0 Å². The fourth-order valence-electron chi connectivity index (χ4n) is 0.827. The number of primary amides is 1. The zero-order valence-electron chi connectivity index (χ0n) is 7.59. The van der Waals surface area contributed by atoms with Crippen LogP contribution in [0.15, 0.2) is 0 Å². The lowest BCUT2D eigenvalue weighted by molar-refractivity contribution is -0.130. The largest absolute Gasteiger partial charge is 0.393 e. The Kier molecular flexibility index (Phi) is 3.05. The summed E-state index contributed by atoms with van der Waals surface area (Å²) in [5, 5.41) is 9.20. The number of carbonyl (C=O) groups is 1. The Hall–Kier alpha value is -0.570. The Labute approximate surface area is 67.6 Å². The van der Waals surface area contributed by atoms with Crippen molar-refractivity contribution in [1.82, 2.24) is 0 Å². The Morgan fingerprint density at radius 2 is 1.82 bits per heavy atom. The SMILES string of the molecule is CC(O)C(C)C(C)(C)C(N)=O. The summed E-state index contributed by atoms with van der Waals surface area (Å²) in [5.74, 6) is -0.481. The van der Waals surface area contributed by atoms with Crippen molar-refractivity contribution in [2.75, 3.05) is 0 Å². The molecule has 2 unspecified atom stereocenters. The highest BCUT2D eigenvalue weighted by Crippen LogP contribution is 2.28. The van der Waals surface area contributed by atoms with E-state index >= 15 is 0 Å². The summed E-state index contributed by atoms with van der Waals surface area (Å²) in [6.07, 6.45) is -0.502. The van der Waals surface area contributed by atoms with Crippen LogP contribution in [0.25, 0.3) is 0 Å². The van der Waals surface area contributed by atoms with Crippen molar-refractivity contribution in [3.8, 4) is 0 Å². The molecule has 66 valence electrons. The van der Waals surface area contributed by atoms with Gasteiger partial charge in [0.15, 0.2) is 0 Å². The van der Waals surface area contributed by atoms with Crippen LogP contribution in [0, 0.1) is 11.3 Å². The highest BCUT2D eigenvalue weighted by Gasteiger charge is 2.34. The molecule has 0 aliphatic carbocycles. The molecular formula is C8H17NO2. The van der Waals surface area contributed by atoms with Crippen LogP contribution in [0.5, 0.6) is 0 Å². The zero-order valence-corrected chi connectivity index (χ0v) is 7.59. The molecule has 0 saturated heterocycles. The van der Waals surface area contributed by atoms with Gasteiger partial charge in [0, 0.05) is 5.41 Å². The summed E-state index contributed by atoms with van der Waals surface area (Å²) in [5.41, 5.74) is 4.53. The van der Waals surface area contributed by atoms with Crippen LogP contribution < -0.4 is 5.73 Å². The molecule has 0 fully saturated rings. The van der Waals surface area contributed by atoms with Crippen LogP contribution >= 0.6 is 0 Å². The lowest BCUT2D eigenvalue weighted by Gasteiger charge is -2.30. The first-order valence-corrected chi connectivity index (χ1v) is 3.78. The van der Waals surface area contributed by atoms with Crippen molar-refractivity contribution in [3.63, 3.8) is 0 Å². The predicted octanol–water partition coefficient (Wildman–Crippen LogP) is 0.515. The van der Waals surface area contributed by atoms with E-state index in [0.29, 0.717) is 0 Å². The molecular weight excluding hydrogens is 142 g/mol. The second-order valence-electron chi connectivity index (χ2n) is 3.62. The maximum Gasteiger partial charge on any atom is 0.223 e. The van der Waals surface area contributed by atoms with Crippen LogP contribution in [-0.2, 0) is 4.79 Å². The minimum Gasteiger partial charge on any atom is -0.393 e. The Morgan fingerprint density at radius 1 is 1.45 bits per heavy atom. The van der Waals surface area contributed by atoms with Gasteiger partial charge in [0.05, 0.1) is 6.10 Å². The average molecular weight is 159 g/mol. The maximum absolute atomic E-state index is 10.9. The van der Waals surface area contributed by atoms with Gasteiger partial charge in [-0.3, -0.25) is 4.79 Å². The van der Waals surface area contributed by atoms with Gasteiger partial charge in [0.25, 0.3) is 0 Å². The first kappa shape index (κ1) is 10.4. The number of hydrogen-bond donors (Lipinski definition) is 2. The van der Waals surface area contributed by atoms with Crippen LogP contribution in [0.2, 0.25) is 0 Å². The summed E-state index contributed by atoms with van der Waals surface area (Å²) in [4.78, 5) is 10.9. The Balaban J connectivity index is 4.42. The van der Waals surface area contributed by atoms with Gasteiger partial charge in [-0.2, -0.15) is 0 Å². The van der Waals surface area contributed by atoms with Gasteiger partial charge < -0.3 is 10.8 Å². The molecule has 2 atom stereocenters. The summed E-state index contributed by atoms with van der Waals surface area (Å²) >= 11 is 0. The average Bonchev–Trinajstić information content (AvgIpc) is 1.85. The van der Waals surface area contributed by atoms with Crippen molar-refractivity contribution < 1.29 is 9.90 Å². The fourth-order valence-corrected chi connectivity index (χ4v) is 0.827. The molecule has 3 N–H and O–H groups in total.